The lowest BCUT2D eigenvalue weighted by Crippen LogP contribution is -2.65. The lowest BCUT2D eigenvalue weighted by Gasteiger charge is -2.46. The minimum Gasteiger partial charge on any atom is -0.493 e. The van der Waals surface area contributed by atoms with E-state index in [-0.39, 0.29) is 0 Å². The minimum absolute atomic E-state index is 0.524. The molecule has 3 heterocycles. The third kappa shape index (κ3) is 5.07. The van der Waals surface area contributed by atoms with E-state index in [1.807, 2.05) is 0 Å². The first-order valence-electron chi connectivity index (χ1n) is 10.1. The number of hydrogen-bond acceptors (Lipinski definition) is 14. The largest absolute Gasteiger partial charge is 0.493 e. The first kappa shape index (κ1) is 25.6. The highest BCUT2D eigenvalue weighted by Crippen LogP contribution is 2.31. The summed E-state index contributed by atoms with van der Waals surface area (Å²) in [6, 6.07) is 0. The van der Waals surface area contributed by atoms with Crippen LogP contribution in [0.4, 0.5) is 0 Å². The fraction of sp³-hybridized carbons (Fsp3) is 0.889. The maximum absolute atomic E-state index is 10.6. The number of rotatable bonds is 7. The van der Waals surface area contributed by atoms with Crippen LogP contribution >= 0.6 is 0 Å². The van der Waals surface area contributed by atoms with Crippen molar-refractivity contribution in [2.45, 2.75) is 79.7 Å². The van der Waals surface area contributed by atoms with E-state index in [1.54, 1.807) is 0 Å². The molecular formula is C18H30O14. The molecule has 0 spiro atoms. The zero-order chi connectivity index (χ0) is 23.6. The van der Waals surface area contributed by atoms with Gasteiger partial charge >= 0.3 is 0 Å². The summed E-state index contributed by atoms with van der Waals surface area (Å²) in [5.41, 5.74) is 0. The fourth-order valence-electron chi connectivity index (χ4n) is 3.77. The Morgan fingerprint density at radius 3 is 1.72 bits per heavy atom. The van der Waals surface area contributed by atoms with Gasteiger partial charge in [0.15, 0.2) is 12.6 Å². The molecule has 3 aliphatic heterocycles. The van der Waals surface area contributed by atoms with Gasteiger partial charge in [-0.3, -0.25) is 0 Å². The van der Waals surface area contributed by atoms with Crippen molar-refractivity contribution in [1.29, 1.82) is 0 Å². The molecule has 0 aliphatic carbocycles. The smallest absolute Gasteiger partial charge is 0.187 e. The molecule has 14 heteroatoms. The lowest BCUT2D eigenvalue weighted by atomic mass is 9.96. The summed E-state index contributed by atoms with van der Waals surface area (Å²) in [6.45, 7) is -1.97. The molecule has 3 rings (SSSR count). The second-order valence-corrected chi connectivity index (χ2v) is 7.78. The summed E-state index contributed by atoms with van der Waals surface area (Å²) in [5, 5.41) is 89.4. The standard InChI is InChI=1S/C18H30O14/c19-3-7-10(23)11(24)13(26)17(29-7)32-16-9(5-21)30-18(14(27)12(16)25)31-15-6(22)1-2-28-8(15)4-20/h1-2,6-27H,3-5H2/t6?,7?,8?,9?,10-,11-,12-,13?,14?,15-,16-,17+,18-/m0/s1. The predicted molar refractivity (Wildman–Crippen MR) is 98.4 cm³/mol. The minimum atomic E-state index is -1.78. The molecule has 0 bridgehead atoms. The first-order chi connectivity index (χ1) is 15.2. The van der Waals surface area contributed by atoms with Crippen LogP contribution in [0.2, 0.25) is 0 Å². The molecule has 0 aromatic carbocycles. The van der Waals surface area contributed by atoms with E-state index < -0.39 is 99.5 Å². The van der Waals surface area contributed by atoms with Gasteiger partial charge in [-0.25, -0.2) is 0 Å². The Morgan fingerprint density at radius 2 is 1.12 bits per heavy atom. The van der Waals surface area contributed by atoms with Crippen molar-refractivity contribution in [3.8, 4) is 0 Å². The van der Waals surface area contributed by atoms with Gasteiger partial charge in [-0.1, -0.05) is 0 Å². The van der Waals surface area contributed by atoms with Crippen LogP contribution in [0.25, 0.3) is 0 Å². The number of hydrogen-bond donors (Lipinski definition) is 9. The van der Waals surface area contributed by atoms with Crippen LogP contribution in [0.3, 0.4) is 0 Å². The van der Waals surface area contributed by atoms with Crippen molar-refractivity contribution in [2.24, 2.45) is 0 Å². The Labute approximate surface area is 182 Å². The summed E-state index contributed by atoms with van der Waals surface area (Å²) < 4.78 is 26.8. The lowest BCUT2D eigenvalue weighted by molar-refractivity contribution is -0.366. The molecule has 0 aromatic rings. The molecule has 6 unspecified atom stereocenters. The molecule has 13 atom stereocenters. The van der Waals surface area contributed by atoms with Gasteiger partial charge in [0.2, 0.25) is 0 Å². The van der Waals surface area contributed by atoms with E-state index in [9.17, 15) is 46.0 Å². The van der Waals surface area contributed by atoms with Gasteiger partial charge < -0.3 is 69.6 Å². The normalized spacial score (nSPS) is 49.6. The molecule has 32 heavy (non-hydrogen) atoms. The molecular weight excluding hydrogens is 440 g/mol. The summed E-state index contributed by atoms with van der Waals surface area (Å²) in [6.07, 6.45) is -16.9. The quantitative estimate of drug-likeness (QED) is 0.169. The van der Waals surface area contributed by atoms with E-state index in [4.69, 9.17) is 23.7 Å². The zero-order valence-corrected chi connectivity index (χ0v) is 16.8. The van der Waals surface area contributed by atoms with Crippen LogP contribution in [0.15, 0.2) is 12.3 Å². The fourth-order valence-corrected chi connectivity index (χ4v) is 3.77. The van der Waals surface area contributed by atoms with Crippen molar-refractivity contribution in [1.82, 2.24) is 0 Å². The van der Waals surface area contributed by atoms with Crippen LogP contribution < -0.4 is 0 Å². The molecule has 2 saturated heterocycles. The Kier molecular flexibility index (Phi) is 8.78. The number of aliphatic hydroxyl groups excluding tert-OH is 9. The second-order valence-electron chi connectivity index (χ2n) is 7.78. The van der Waals surface area contributed by atoms with Crippen LogP contribution in [0.1, 0.15) is 0 Å². The average Bonchev–Trinajstić information content (AvgIpc) is 2.79. The van der Waals surface area contributed by atoms with Gasteiger partial charge in [-0.05, 0) is 6.08 Å². The Morgan fingerprint density at radius 1 is 0.594 bits per heavy atom. The number of aliphatic hydroxyl groups is 9. The molecule has 2 fully saturated rings. The molecule has 14 nitrogen and oxygen atoms in total. The molecule has 3 aliphatic rings. The molecule has 0 radical (unpaired) electrons. The van der Waals surface area contributed by atoms with Gasteiger partial charge in [0.05, 0.1) is 26.1 Å². The molecule has 0 aromatic heterocycles. The SMILES string of the molecule is OCC1OC=CC(O)[C@@H]1O[C@@H]1OC(CO)[C@H](O[C@H]2OC(CO)[C@H](O)[C@H](O)C2O)[C@@H](O)C1O. The third-order valence-corrected chi connectivity index (χ3v) is 5.66. The van der Waals surface area contributed by atoms with Crippen LogP contribution in [0.5, 0.6) is 0 Å². The van der Waals surface area contributed by atoms with Crippen molar-refractivity contribution in [2.75, 3.05) is 19.8 Å². The van der Waals surface area contributed by atoms with Crippen LogP contribution in [0, 0.1) is 0 Å². The van der Waals surface area contributed by atoms with Gasteiger partial charge in [0.25, 0.3) is 0 Å². The summed E-state index contributed by atoms with van der Waals surface area (Å²) in [4.78, 5) is 0. The predicted octanol–water partition coefficient (Wildman–Crippen LogP) is -5.74. The molecule has 186 valence electrons. The van der Waals surface area contributed by atoms with E-state index in [1.165, 1.54) is 12.3 Å². The monoisotopic (exact) mass is 470 g/mol. The van der Waals surface area contributed by atoms with Crippen LogP contribution in [-0.4, -0.2) is 146 Å². The topological polar surface area (TPSA) is 228 Å². The van der Waals surface area contributed by atoms with Gasteiger partial charge in [-0.15, -0.1) is 0 Å². The summed E-state index contributed by atoms with van der Waals surface area (Å²) >= 11 is 0. The number of ether oxygens (including phenoxy) is 5. The first-order valence-corrected chi connectivity index (χ1v) is 10.1. The van der Waals surface area contributed by atoms with Crippen molar-refractivity contribution >= 4 is 0 Å². The summed E-state index contributed by atoms with van der Waals surface area (Å²) in [5.74, 6) is 0. The third-order valence-electron chi connectivity index (χ3n) is 5.66. The highest BCUT2D eigenvalue weighted by atomic mass is 16.7. The maximum Gasteiger partial charge on any atom is 0.187 e. The molecule has 0 saturated carbocycles. The highest BCUT2D eigenvalue weighted by molar-refractivity contribution is 4.99. The maximum atomic E-state index is 10.6. The highest BCUT2D eigenvalue weighted by Gasteiger charge is 2.51. The zero-order valence-electron chi connectivity index (χ0n) is 16.8. The summed E-state index contributed by atoms with van der Waals surface area (Å²) in [7, 11) is 0. The van der Waals surface area contributed by atoms with E-state index in [0.29, 0.717) is 0 Å². The van der Waals surface area contributed by atoms with Crippen molar-refractivity contribution in [3.05, 3.63) is 12.3 Å². The van der Waals surface area contributed by atoms with Gasteiger partial charge in [0, 0.05) is 0 Å². The molecule has 0 amide bonds. The van der Waals surface area contributed by atoms with Crippen molar-refractivity contribution < 1.29 is 69.6 Å². The van der Waals surface area contributed by atoms with E-state index in [0.717, 1.165) is 0 Å². The van der Waals surface area contributed by atoms with E-state index >= 15 is 0 Å². The Bertz CT molecular complexity index is 616. The van der Waals surface area contributed by atoms with E-state index in [2.05, 4.69) is 0 Å². The molecule has 9 N–H and O–H groups in total. The van der Waals surface area contributed by atoms with Gasteiger partial charge in [0.1, 0.15) is 67.1 Å². The van der Waals surface area contributed by atoms with Crippen LogP contribution in [-0.2, 0) is 23.7 Å². The van der Waals surface area contributed by atoms with Gasteiger partial charge in [-0.2, -0.15) is 0 Å². The average molecular weight is 470 g/mol. The Balaban J connectivity index is 1.70. The van der Waals surface area contributed by atoms with Crippen molar-refractivity contribution in [3.63, 3.8) is 0 Å². The Hall–Kier alpha value is -0.980. The second kappa shape index (κ2) is 11.0.